The summed E-state index contributed by atoms with van der Waals surface area (Å²) in [5.41, 5.74) is 2.01. The van der Waals surface area contributed by atoms with Gasteiger partial charge in [-0.1, -0.05) is 0 Å². The fourth-order valence-electron chi connectivity index (χ4n) is 1.69. The van der Waals surface area contributed by atoms with Gasteiger partial charge in [0.2, 0.25) is 0 Å². The van der Waals surface area contributed by atoms with E-state index >= 15 is 0 Å². The second kappa shape index (κ2) is 3.86. The number of aromatic nitrogens is 4. The summed E-state index contributed by atoms with van der Waals surface area (Å²) in [7, 11) is 0. The van der Waals surface area contributed by atoms with E-state index < -0.39 is 0 Å². The second-order valence-corrected chi connectivity index (χ2v) is 3.79. The molecular formula is C12H11N5. The molecule has 0 unspecified atom stereocenters. The Morgan fingerprint density at radius 1 is 1.24 bits per heavy atom. The van der Waals surface area contributed by atoms with Crippen molar-refractivity contribution in [2.75, 3.05) is 5.32 Å². The van der Waals surface area contributed by atoms with Crippen molar-refractivity contribution in [1.82, 2.24) is 20.2 Å². The Bertz CT molecular complexity index is 659. The van der Waals surface area contributed by atoms with Gasteiger partial charge in [-0.3, -0.25) is 5.10 Å². The quantitative estimate of drug-likeness (QED) is 0.702. The van der Waals surface area contributed by atoms with Gasteiger partial charge in [-0.15, -0.1) is 0 Å². The third-order valence-electron chi connectivity index (χ3n) is 2.49. The highest BCUT2D eigenvalue weighted by Gasteiger charge is 1.99. The van der Waals surface area contributed by atoms with Gasteiger partial charge >= 0.3 is 0 Å². The van der Waals surface area contributed by atoms with Crippen LogP contribution in [0.2, 0.25) is 0 Å². The fraction of sp³-hybridized carbons (Fsp3) is 0.0833. The minimum absolute atomic E-state index is 0.749. The molecule has 0 aliphatic carbocycles. The lowest BCUT2D eigenvalue weighted by molar-refractivity contribution is 1.06. The predicted octanol–water partition coefficient (Wildman–Crippen LogP) is 2.40. The van der Waals surface area contributed by atoms with Crippen molar-refractivity contribution in [3.8, 4) is 0 Å². The lowest BCUT2D eigenvalue weighted by Crippen LogP contribution is -1.95. The number of benzene rings is 1. The first-order chi connectivity index (χ1) is 8.31. The summed E-state index contributed by atoms with van der Waals surface area (Å²) in [6, 6.07) is 7.83. The molecule has 2 aromatic heterocycles. The third-order valence-corrected chi connectivity index (χ3v) is 2.49. The van der Waals surface area contributed by atoms with Crippen molar-refractivity contribution < 1.29 is 0 Å². The summed E-state index contributed by atoms with van der Waals surface area (Å²) in [6.07, 6.45) is 3.53. The molecule has 0 saturated heterocycles. The van der Waals surface area contributed by atoms with Gasteiger partial charge in [0.15, 0.2) is 0 Å². The number of hydrogen-bond donors (Lipinski definition) is 2. The van der Waals surface area contributed by atoms with E-state index in [-0.39, 0.29) is 0 Å². The van der Waals surface area contributed by atoms with Crippen LogP contribution in [0.15, 0.2) is 36.7 Å². The van der Waals surface area contributed by atoms with E-state index in [0.29, 0.717) is 0 Å². The van der Waals surface area contributed by atoms with Crippen LogP contribution in [-0.2, 0) is 0 Å². The highest BCUT2D eigenvalue weighted by molar-refractivity contribution is 5.82. The minimum atomic E-state index is 0.749. The van der Waals surface area contributed by atoms with Crippen molar-refractivity contribution in [1.29, 1.82) is 0 Å². The van der Waals surface area contributed by atoms with E-state index in [0.717, 1.165) is 28.2 Å². The molecule has 84 valence electrons. The number of anilines is 2. The molecule has 2 N–H and O–H groups in total. The highest BCUT2D eigenvalue weighted by atomic mass is 15.1. The monoisotopic (exact) mass is 225 g/mol. The molecule has 0 spiro atoms. The number of nitrogens with zero attached hydrogens (tertiary/aromatic N) is 3. The molecule has 0 saturated carbocycles. The summed E-state index contributed by atoms with van der Waals surface area (Å²) < 4.78 is 0. The molecular weight excluding hydrogens is 214 g/mol. The van der Waals surface area contributed by atoms with Crippen molar-refractivity contribution in [3.63, 3.8) is 0 Å². The predicted molar refractivity (Wildman–Crippen MR) is 66.1 cm³/mol. The van der Waals surface area contributed by atoms with Crippen LogP contribution in [0.5, 0.6) is 0 Å². The largest absolute Gasteiger partial charge is 0.340 e. The van der Waals surface area contributed by atoms with Gasteiger partial charge in [-0.25, -0.2) is 9.97 Å². The maximum Gasteiger partial charge on any atom is 0.134 e. The fourth-order valence-corrected chi connectivity index (χ4v) is 1.69. The Kier molecular flexibility index (Phi) is 2.22. The summed E-state index contributed by atoms with van der Waals surface area (Å²) in [5, 5.41) is 11.2. The highest BCUT2D eigenvalue weighted by Crippen LogP contribution is 2.19. The Morgan fingerprint density at radius 2 is 2.18 bits per heavy atom. The van der Waals surface area contributed by atoms with Crippen molar-refractivity contribution in [2.24, 2.45) is 0 Å². The third kappa shape index (κ3) is 1.94. The Hall–Kier alpha value is -2.43. The van der Waals surface area contributed by atoms with Gasteiger partial charge in [0, 0.05) is 17.3 Å². The van der Waals surface area contributed by atoms with Crippen LogP contribution in [0.25, 0.3) is 10.9 Å². The van der Waals surface area contributed by atoms with Gasteiger partial charge < -0.3 is 5.32 Å². The number of fused-ring (bicyclic) bond motifs is 1. The summed E-state index contributed by atoms with van der Waals surface area (Å²) in [6.45, 7) is 1.87. The maximum atomic E-state index is 4.29. The molecule has 0 amide bonds. The second-order valence-electron chi connectivity index (χ2n) is 3.79. The summed E-state index contributed by atoms with van der Waals surface area (Å²) in [5.74, 6) is 1.54. The molecule has 0 atom stereocenters. The van der Waals surface area contributed by atoms with E-state index in [1.807, 2.05) is 31.2 Å². The SMILES string of the molecule is Cc1nccc(Nc2ccc3[nH]ncc3c2)n1. The lowest BCUT2D eigenvalue weighted by Gasteiger charge is -2.05. The van der Waals surface area contributed by atoms with Crippen molar-refractivity contribution in [3.05, 3.63) is 42.5 Å². The first-order valence-corrected chi connectivity index (χ1v) is 5.31. The van der Waals surface area contributed by atoms with Gasteiger partial charge in [-0.2, -0.15) is 5.10 Å². The molecule has 3 rings (SSSR count). The zero-order valence-corrected chi connectivity index (χ0v) is 9.31. The average Bonchev–Trinajstić information content (AvgIpc) is 2.76. The van der Waals surface area contributed by atoms with E-state index in [1.165, 1.54) is 0 Å². The molecule has 0 radical (unpaired) electrons. The molecule has 0 fully saturated rings. The molecule has 5 nitrogen and oxygen atoms in total. The molecule has 0 bridgehead atoms. The standard InChI is InChI=1S/C12H11N5/c1-8-13-5-4-12(15-8)16-10-2-3-11-9(6-10)7-14-17-11/h2-7H,1H3,(H,14,17)(H,13,15,16). The van der Waals surface area contributed by atoms with Crippen LogP contribution in [0.4, 0.5) is 11.5 Å². The van der Waals surface area contributed by atoms with Crippen molar-refractivity contribution in [2.45, 2.75) is 6.92 Å². The number of aromatic amines is 1. The Morgan fingerprint density at radius 3 is 3.06 bits per heavy atom. The van der Waals surface area contributed by atoms with Crippen LogP contribution in [-0.4, -0.2) is 20.2 Å². The molecule has 0 aliphatic rings. The minimum Gasteiger partial charge on any atom is -0.340 e. The van der Waals surface area contributed by atoms with E-state index in [9.17, 15) is 0 Å². The van der Waals surface area contributed by atoms with Crippen LogP contribution in [0, 0.1) is 6.92 Å². The van der Waals surface area contributed by atoms with Gasteiger partial charge in [0.1, 0.15) is 11.6 Å². The number of H-pyrrole nitrogens is 1. The summed E-state index contributed by atoms with van der Waals surface area (Å²) >= 11 is 0. The zero-order valence-electron chi connectivity index (χ0n) is 9.31. The van der Waals surface area contributed by atoms with Crippen molar-refractivity contribution >= 4 is 22.4 Å². The topological polar surface area (TPSA) is 66.5 Å². The van der Waals surface area contributed by atoms with E-state index in [2.05, 4.69) is 25.5 Å². The average molecular weight is 225 g/mol. The number of aryl methyl sites for hydroxylation is 1. The van der Waals surface area contributed by atoms with Crippen LogP contribution in [0.1, 0.15) is 5.82 Å². The first-order valence-electron chi connectivity index (χ1n) is 5.31. The molecule has 0 aliphatic heterocycles. The number of rotatable bonds is 2. The normalized spacial score (nSPS) is 10.6. The van der Waals surface area contributed by atoms with E-state index in [1.54, 1.807) is 12.4 Å². The van der Waals surface area contributed by atoms with Crippen LogP contribution in [0.3, 0.4) is 0 Å². The molecule has 3 aromatic rings. The smallest absolute Gasteiger partial charge is 0.134 e. The van der Waals surface area contributed by atoms with Gasteiger partial charge in [0.05, 0.1) is 11.7 Å². The van der Waals surface area contributed by atoms with Gasteiger partial charge in [0.25, 0.3) is 0 Å². The molecule has 1 aromatic carbocycles. The number of nitrogens with one attached hydrogen (secondary N) is 2. The lowest BCUT2D eigenvalue weighted by atomic mass is 10.2. The zero-order chi connectivity index (χ0) is 11.7. The van der Waals surface area contributed by atoms with Crippen LogP contribution < -0.4 is 5.32 Å². The maximum absolute atomic E-state index is 4.29. The van der Waals surface area contributed by atoms with E-state index in [4.69, 9.17) is 0 Å². The molecule has 2 heterocycles. The molecule has 5 heteroatoms. The number of hydrogen-bond acceptors (Lipinski definition) is 4. The summed E-state index contributed by atoms with van der Waals surface area (Å²) in [4.78, 5) is 8.35. The molecule has 17 heavy (non-hydrogen) atoms. The Balaban J connectivity index is 1.94. The van der Waals surface area contributed by atoms with Crippen LogP contribution >= 0.6 is 0 Å². The Labute approximate surface area is 97.9 Å². The first kappa shape index (κ1) is 9.77. The van der Waals surface area contributed by atoms with Gasteiger partial charge in [-0.05, 0) is 31.2 Å².